The Morgan fingerprint density at radius 2 is 1.94 bits per heavy atom. The Balaban J connectivity index is 1.99. The van der Waals surface area contributed by atoms with E-state index in [1.54, 1.807) is 0 Å². The molecule has 2 aromatic carbocycles. The van der Waals surface area contributed by atoms with Gasteiger partial charge in [-0.2, -0.15) is 0 Å². The van der Waals surface area contributed by atoms with E-state index >= 15 is 0 Å². The summed E-state index contributed by atoms with van der Waals surface area (Å²) in [5.41, 5.74) is 4.41. The van der Waals surface area contributed by atoms with Crippen LogP contribution in [-0.4, -0.2) is 24.5 Å². The average Bonchev–Trinajstić information content (AvgIpc) is 3.04. The fourth-order valence-electron chi connectivity index (χ4n) is 3.58. The standard InChI is InChI=1S/C24H26N2O6/c1-7-31-23-15(4)24-19(14(3)16(5)32-24)12-18(23)13(2)10-22(27)25-20-9-8-17(26(28)29)11-21(20)30-6/h8-12H,7H2,1-6H3,(H,25,27)/b13-10+. The predicted molar refractivity (Wildman–Crippen MR) is 124 cm³/mol. The first-order valence-electron chi connectivity index (χ1n) is 10.2. The van der Waals surface area contributed by atoms with E-state index in [9.17, 15) is 14.9 Å². The Hall–Kier alpha value is -3.81. The number of carbonyl (C=O) groups excluding carboxylic acids is 1. The number of ether oxygens (including phenoxy) is 2. The number of nitro benzene ring substituents is 1. The number of fused-ring (bicyclic) bond motifs is 1. The molecule has 1 aromatic heterocycles. The highest BCUT2D eigenvalue weighted by atomic mass is 16.6. The highest BCUT2D eigenvalue weighted by Crippen LogP contribution is 2.39. The minimum atomic E-state index is -0.522. The molecule has 0 saturated heterocycles. The maximum absolute atomic E-state index is 12.7. The molecule has 168 valence electrons. The van der Waals surface area contributed by atoms with Crippen LogP contribution in [0.3, 0.4) is 0 Å². The molecule has 0 bridgehead atoms. The first-order chi connectivity index (χ1) is 15.2. The third-order valence-corrected chi connectivity index (χ3v) is 5.36. The van der Waals surface area contributed by atoms with Crippen molar-refractivity contribution in [2.45, 2.75) is 34.6 Å². The number of hydrogen-bond donors (Lipinski definition) is 1. The van der Waals surface area contributed by atoms with Crippen LogP contribution in [0.1, 0.15) is 36.3 Å². The zero-order valence-corrected chi connectivity index (χ0v) is 19.0. The lowest BCUT2D eigenvalue weighted by atomic mass is 9.98. The summed E-state index contributed by atoms with van der Waals surface area (Å²) in [7, 11) is 1.39. The smallest absolute Gasteiger partial charge is 0.273 e. The first kappa shape index (κ1) is 22.9. The summed E-state index contributed by atoms with van der Waals surface area (Å²) in [6.45, 7) is 10.1. The number of benzene rings is 2. The molecule has 0 unspecified atom stereocenters. The number of nitro groups is 1. The zero-order valence-electron chi connectivity index (χ0n) is 19.0. The number of anilines is 1. The SMILES string of the molecule is CCOc1c(/C(C)=C/C(=O)Nc2ccc([N+](=O)[O-])cc2OC)cc2c(C)c(C)oc2c1C. The van der Waals surface area contributed by atoms with Crippen molar-refractivity contribution in [1.82, 2.24) is 0 Å². The van der Waals surface area contributed by atoms with Crippen molar-refractivity contribution in [3.05, 3.63) is 62.9 Å². The molecule has 8 heteroatoms. The van der Waals surface area contributed by atoms with Crippen molar-refractivity contribution >= 4 is 33.8 Å². The minimum absolute atomic E-state index is 0.123. The number of non-ortho nitro benzene ring substituents is 1. The van der Waals surface area contributed by atoms with E-state index < -0.39 is 10.8 Å². The highest BCUT2D eigenvalue weighted by Gasteiger charge is 2.19. The maximum Gasteiger partial charge on any atom is 0.273 e. The van der Waals surface area contributed by atoms with Crippen LogP contribution in [0.5, 0.6) is 11.5 Å². The molecule has 1 heterocycles. The van der Waals surface area contributed by atoms with Crippen LogP contribution >= 0.6 is 0 Å². The van der Waals surface area contributed by atoms with Crippen LogP contribution in [0.2, 0.25) is 0 Å². The minimum Gasteiger partial charge on any atom is -0.494 e. The number of amides is 1. The van der Waals surface area contributed by atoms with E-state index in [1.807, 2.05) is 40.7 Å². The quantitative estimate of drug-likeness (QED) is 0.288. The van der Waals surface area contributed by atoms with Crippen LogP contribution in [0.15, 0.2) is 34.8 Å². The van der Waals surface area contributed by atoms with Crippen LogP contribution in [-0.2, 0) is 4.79 Å². The van der Waals surface area contributed by atoms with Crippen molar-refractivity contribution in [3.63, 3.8) is 0 Å². The van der Waals surface area contributed by atoms with Gasteiger partial charge in [-0.25, -0.2) is 0 Å². The lowest BCUT2D eigenvalue weighted by Crippen LogP contribution is -2.10. The average molecular weight is 438 g/mol. The molecule has 0 radical (unpaired) electrons. The Bertz CT molecular complexity index is 1240. The van der Waals surface area contributed by atoms with Crippen molar-refractivity contribution in [2.24, 2.45) is 0 Å². The predicted octanol–water partition coefficient (Wildman–Crippen LogP) is 5.72. The van der Waals surface area contributed by atoms with Gasteiger partial charge in [0.2, 0.25) is 5.91 Å². The number of aryl methyl sites for hydroxylation is 3. The number of hydrogen-bond acceptors (Lipinski definition) is 6. The summed E-state index contributed by atoms with van der Waals surface area (Å²) in [6.07, 6.45) is 1.46. The van der Waals surface area contributed by atoms with E-state index in [-0.39, 0.29) is 11.4 Å². The molecule has 0 aliphatic carbocycles. The zero-order chi connectivity index (χ0) is 23.6. The van der Waals surface area contributed by atoms with Crippen molar-refractivity contribution in [2.75, 3.05) is 19.0 Å². The molecule has 8 nitrogen and oxygen atoms in total. The molecular formula is C24H26N2O6. The van der Waals surface area contributed by atoms with Crippen LogP contribution in [0, 0.1) is 30.9 Å². The molecule has 1 N–H and O–H groups in total. The molecule has 0 fully saturated rings. The van der Waals surface area contributed by atoms with Gasteiger partial charge in [0.1, 0.15) is 22.8 Å². The Labute approximate surface area is 186 Å². The largest absolute Gasteiger partial charge is 0.494 e. The molecule has 32 heavy (non-hydrogen) atoms. The highest BCUT2D eigenvalue weighted by molar-refractivity contribution is 6.05. The monoisotopic (exact) mass is 438 g/mol. The van der Waals surface area contributed by atoms with Gasteiger partial charge in [-0.15, -0.1) is 0 Å². The van der Waals surface area contributed by atoms with Gasteiger partial charge in [0.15, 0.2) is 0 Å². The van der Waals surface area contributed by atoms with Gasteiger partial charge in [-0.05, 0) is 57.9 Å². The number of rotatable bonds is 7. The fraction of sp³-hybridized carbons (Fsp3) is 0.292. The number of nitrogens with one attached hydrogen (secondary N) is 1. The third-order valence-electron chi connectivity index (χ3n) is 5.36. The van der Waals surface area contributed by atoms with Crippen molar-refractivity contribution in [3.8, 4) is 11.5 Å². The van der Waals surface area contributed by atoms with E-state index in [4.69, 9.17) is 13.9 Å². The third kappa shape index (κ3) is 4.30. The molecule has 0 spiro atoms. The second kappa shape index (κ2) is 9.13. The van der Waals surface area contributed by atoms with Crippen molar-refractivity contribution in [1.29, 1.82) is 0 Å². The van der Waals surface area contributed by atoms with Crippen molar-refractivity contribution < 1.29 is 23.6 Å². The van der Waals surface area contributed by atoms with Gasteiger partial charge >= 0.3 is 0 Å². The summed E-state index contributed by atoms with van der Waals surface area (Å²) in [5.74, 6) is 1.32. The van der Waals surface area contributed by atoms with Crippen LogP contribution in [0.4, 0.5) is 11.4 Å². The Morgan fingerprint density at radius 1 is 1.22 bits per heavy atom. The number of carbonyl (C=O) groups is 1. The van der Waals surface area contributed by atoms with Crippen LogP contribution in [0.25, 0.3) is 16.5 Å². The topological polar surface area (TPSA) is 104 Å². The molecule has 0 atom stereocenters. The number of nitrogens with zero attached hydrogens (tertiary/aromatic N) is 1. The number of methoxy groups -OCH3 is 1. The molecule has 3 aromatic rings. The van der Waals surface area contributed by atoms with Gasteiger partial charge in [-0.1, -0.05) is 0 Å². The lowest BCUT2D eigenvalue weighted by molar-refractivity contribution is -0.384. The van der Waals surface area contributed by atoms with Gasteiger partial charge < -0.3 is 19.2 Å². The molecule has 0 aliphatic heterocycles. The first-order valence-corrected chi connectivity index (χ1v) is 10.2. The molecular weight excluding hydrogens is 412 g/mol. The summed E-state index contributed by atoms with van der Waals surface area (Å²) >= 11 is 0. The van der Waals surface area contributed by atoms with Gasteiger partial charge in [-0.3, -0.25) is 14.9 Å². The van der Waals surface area contributed by atoms with E-state index in [2.05, 4.69) is 5.32 Å². The molecule has 3 rings (SSSR count). The Morgan fingerprint density at radius 3 is 2.56 bits per heavy atom. The molecule has 0 saturated carbocycles. The summed E-state index contributed by atoms with van der Waals surface area (Å²) in [5, 5.41) is 14.7. The maximum atomic E-state index is 12.7. The summed E-state index contributed by atoms with van der Waals surface area (Å²) < 4.78 is 17.0. The summed E-state index contributed by atoms with van der Waals surface area (Å²) in [6, 6.07) is 5.99. The lowest BCUT2D eigenvalue weighted by Gasteiger charge is -2.15. The van der Waals surface area contributed by atoms with Gasteiger partial charge in [0, 0.05) is 28.7 Å². The van der Waals surface area contributed by atoms with Crippen LogP contribution < -0.4 is 14.8 Å². The second-order valence-corrected chi connectivity index (χ2v) is 7.43. The number of allylic oxidation sites excluding steroid dienone is 1. The Kier molecular flexibility index (Phi) is 6.53. The van der Waals surface area contributed by atoms with Gasteiger partial charge in [0.05, 0.1) is 30.4 Å². The molecule has 1 amide bonds. The van der Waals surface area contributed by atoms with Gasteiger partial charge in [0.25, 0.3) is 5.69 Å². The van der Waals surface area contributed by atoms with E-state index in [1.165, 1.54) is 31.4 Å². The molecule has 0 aliphatic rings. The fourth-order valence-corrected chi connectivity index (χ4v) is 3.58. The summed E-state index contributed by atoms with van der Waals surface area (Å²) in [4.78, 5) is 23.2. The number of furan rings is 1. The van der Waals surface area contributed by atoms with E-state index in [0.717, 1.165) is 33.4 Å². The second-order valence-electron chi connectivity index (χ2n) is 7.43. The normalized spacial score (nSPS) is 11.5. The van der Waals surface area contributed by atoms with E-state index in [0.29, 0.717) is 23.6 Å².